The lowest BCUT2D eigenvalue weighted by Gasteiger charge is -2.13. The molecular weight excluding hydrogens is 276 g/mol. The minimum absolute atomic E-state index is 0.0409. The van der Waals surface area contributed by atoms with Gasteiger partial charge in [0.1, 0.15) is 5.78 Å². The van der Waals surface area contributed by atoms with Gasteiger partial charge in [0.15, 0.2) is 11.0 Å². The van der Waals surface area contributed by atoms with Crippen LogP contribution in [0.4, 0.5) is 4.79 Å². The molecule has 1 atom stereocenters. The molecule has 6 nitrogen and oxygen atoms in total. The lowest BCUT2D eigenvalue weighted by atomic mass is 9.96. The number of hydrogen-bond acceptors (Lipinski definition) is 5. The highest BCUT2D eigenvalue weighted by Crippen LogP contribution is 2.26. The van der Waals surface area contributed by atoms with Crippen molar-refractivity contribution in [2.45, 2.75) is 50.4 Å². The van der Waals surface area contributed by atoms with Crippen molar-refractivity contribution in [3.63, 3.8) is 0 Å². The number of carbonyl (C=O) groups is 2. The molecule has 1 heterocycles. The lowest BCUT2D eigenvalue weighted by molar-refractivity contribution is -0.116. The molecular formula is C13H22N4O2S. The van der Waals surface area contributed by atoms with Gasteiger partial charge in [0.05, 0.1) is 5.25 Å². The number of carbonyl (C=O) groups excluding carboxylic acids is 2. The summed E-state index contributed by atoms with van der Waals surface area (Å²) in [6.07, 6.45) is 0. The van der Waals surface area contributed by atoms with Crippen LogP contribution in [0.5, 0.6) is 0 Å². The topological polar surface area (TPSA) is 68.1 Å². The Morgan fingerprint density at radius 3 is 2.25 bits per heavy atom. The molecule has 1 rings (SSSR count). The number of thioether (sulfide) groups is 1. The fourth-order valence-electron chi connectivity index (χ4n) is 1.25. The van der Waals surface area contributed by atoms with E-state index < -0.39 is 0 Å². The third-order valence-corrected chi connectivity index (χ3v) is 3.83. The first-order valence-electron chi connectivity index (χ1n) is 6.40. The van der Waals surface area contributed by atoms with Crippen LogP contribution in [0.25, 0.3) is 0 Å². The maximum Gasteiger partial charge on any atom is 0.346 e. The summed E-state index contributed by atoms with van der Waals surface area (Å²) in [5.41, 5.74) is -0.257. The van der Waals surface area contributed by atoms with Gasteiger partial charge in [-0.1, -0.05) is 32.5 Å². The van der Waals surface area contributed by atoms with Crippen molar-refractivity contribution in [3.05, 3.63) is 5.82 Å². The highest BCUT2D eigenvalue weighted by Gasteiger charge is 2.26. The van der Waals surface area contributed by atoms with Gasteiger partial charge < -0.3 is 4.90 Å². The predicted octanol–water partition coefficient (Wildman–Crippen LogP) is 2.17. The first-order valence-corrected chi connectivity index (χ1v) is 7.28. The third kappa shape index (κ3) is 3.82. The summed E-state index contributed by atoms with van der Waals surface area (Å²) >= 11 is 1.25. The smallest absolute Gasteiger partial charge is 0.329 e. The van der Waals surface area contributed by atoms with E-state index in [1.807, 2.05) is 20.8 Å². The number of amides is 1. The number of hydrogen-bond donors (Lipinski definition) is 0. The number of nitrogens with zero attached hydrogens (tertiary/aromatic N) is 4. The summed E-state index contributed by atoms with van der Waals surface area (Å²) in [4.78, 5) is 29.4. The maximum absolute atomic E-state index is 12.1. The van der Waals surface area contributed by atoms with Gasteiger partial charge in [0, 0.05) is 19.5 Å². The van der Waals surface area contributed by atoms with E-state index in [0.29, 0.717) is 11.0 Å². The van der Waals surface area contributed by atoms with Crippen LogP contribution in [0, 0.1) is 0 Å². The number of aromatic nitrogens is 3. The molecule has 0 fully saturated rings. The zero-order valence-corrected chi connectivity index (χ0v) is 13.9. The molecule has 0 aliphatic heterocycles. The van der Waals surface area contributed by atoms with E-state index in [2.05, 4.69) is 10.1 Å². The number of ketones is 1. The Morgan fingerprint density at radius 1 is 1.30 bits per heavy atom. The van der Waals surface area contributed by atoms with Crippen LogP contribution < -0.4 is 0 Å². The first-order chi connectivity index (χ1) is 9.04. The maximum atomic E-state index is 12.1. The second-order valence-electron chi connectivity index (χ2n) is 5.93. The summed E-state index contributed by atoms with van der Waals surface area (Å²) in [5, 5.41) is 4.49. The fourth-order valence-corrected chi connectivity index (χ4v) is 2.09. The molecule has 0 spiro atoms. The van der Waals surface area contributed by atoms with E-state index >= 15 is 0 Å². The normalized spacial score (nSPS) is 13.2. The van der Waals surface area contributed by atoms with E-state index in [1.165, 1.54) is 28.3 Å². The average Bonchev–Trinajstić information content (AvgIpc) is 2.71. The van der Waals surface area contributed by atoms with E-state index in [0.717, 1.165) is 0 Å². The second-order valence-corrected chi connectivity index (χ2v) is 7.24. The highest BCUT2D eigenvalue weighted by atomic mass is 32.2. The molecule has 0 N–H and O–H groups in total. The Morgan fingerprint density at radius 2 is 1.85 bits per heavy atom. The SMILES string of the molecule is CC(=O)C(C)Sc1nc(C(C)(C)C)nn1C(=O)N(C)C. The molecule has 1 aromatic heterocycles. The molecule has 1 unspecified atom stereocenters. The van der Waals surface area contributed by atoms with Gasteiger partial charge in [-0.2, -0.15) is 4.68 Å². The molecule has 0 aliphatic rings. The minimum Gasteiger partial charge on any atom is -0.329 e. The Bertz CT molecular complexity index is 517. The zero-order valence-electron chi connectivity index (χ0n) is 13.1. The average molecular weight is 298 g/mol. The van der Waals surface area contributed by atoms with Gasteiger partial charge in [-0.25, -0.2) is 9.78 Å². The molecule has 1 amide bonds. The summed E-state index contributed by atoms with van der Waals surface area (Å²) < 4.78 is 1.27. The van der Waals surface area contributed by atoms with Crippen LogP contribution in [0.1, 0.15) is 40.4 Å². The van der Waals surface area contributed by atoms with E-state index in [1.54, 1.807) is 21.0 Å². The summed E-state index contributed by atoms with van der Waals surface area (Å²) in [6.45, 7) is 9.26. The Hall–Kier alpha value is -1.37. The van der Waals surface area contributed by atoms with Crippen molar-refractivity contribution in [1.82, 2.24) is 19.7 Å². The first kappa shape index (κ1) is 16.7. The van der Waals surface area contributed by atoms with E-state index in [4.69, 9.17) is 0 Å². The summed E-state index contributed by atoms with van der Waals surface area (Å²) in [7, 11) is 3.31. The molecule has 112 valence electrons. The van der Waals surface area contributed by atoms with Crippen molar-refractivity contribution in [3.8, 4) is 0 Å². The van der Waals surface area contributed by atoms with Crippen LogP contribution in [-0.4, -0.2) is 50.8 Å². The molecule has 0 aliphatic carbocycles. The molecule has 7 heteroatoms. The summed E-state index contributed by atoms with van der Waals surface area (Å²) in [5.74, 6) is 0.630. The van der Waals surface area contributed by atoms with Crippen LogP contribution in [0.3, 0.4) is 0 Å². The number of Topliss-reactive ketones (excluding diaryl/α,β-unsaturated/α-hetero) is 1. The monoisotopic (exact) mass is 298 g/mol. The molecule has 20 heavy (non-hydrogen) atoms. The standard InChI is InChI=1S/C13H22N4O2S/c1-8(18)9(2)20-11-14-10(13(3,4)5)15-17(11)12(19)16(6)7/h9H,1-7H3. The van der Waals surface area contributed by atoms with Crippen LogP contribution in [0.2, 0.25) is 0 Å². The van der Waals surface area contributed by atoms with E-state index in [-0.39, 0.29) is 22.5 Å². The van der Waals surface area contributed by atoms with Crippen LogP contribution in [-0.2, 0) is 10.2 Å². The Labute approximate surface area is 123 Å². The third-order valence-electron chi connectivity index (χ3n) is 2.67. The van der Waals surface area contributed by atoms with Gasteiger partial charge in [0.25, 0.3) is 0 Å². The van der Waals surface area contributed by atoms with Crippen LogP contribution >= 0.6 is 11.8 Å². The Kier molecular flexibility index (Phi) is 4.96. The van der Waals surface area contributed by atoms with Crippen molar-refractivity contribution in [2.75, 3.05) is 14.1 Å². The molecule has 0 saturated heterocycles. The van der Waals surface area contributed by atoms with Gasteiger partial charge >= 0.3 is 6.03 Å². The molecule has 0 aromatic carbocycles. The quantitative estimate of drug-likeness (QED) is 0.800. The van der Waals surface area contributed by atoms with Crippen molar-refractivity contribution >= 4 is 23.6 Å². The molecule has 0 saturated carbocycles. The highest BCUT2D eigenvalue weighted by molar-refractivity contribution is 8.00. The molecule has 0 radical (unpaired) electrons. The van der Waals surface area contributed by atoms with E-state index in [9.17, 15) is 9.59 Å². The van der Waals surface area contributed by atoms with Gasteiger partial charge in [-0.05, 0) is 13.8 Å². The fraction of sp³-hybridized carbons (Fsp3) is 0.692. The van der Waals surface area contributed by atoms with Gasteiger partial charge in [-0.15, -0.1) is 5.10 Å². The van der Waals surface area contributed by atoms with Crippen molar-refractivity contribution < 1.29 is 9.59 Å². The van der Waals surface area contributed by atoms with Gasteiger partial charge in [0.2, 0.25) is 0 Å². The van der Waals surface area contributed by atoms with Gasteiger partial charge in [-0.3, -0.25) is 4.79 Å². The van der Waals surface area contributed by atoms with Crippen LogP contribution in [0.15, 0.2) is 5.16 Å². The number of rotatable bonds is 3. The zero-order chi connectivity index (χ0) is 15.7. The second kappa shape index (κ2) is 5.95. The Balaban J connectivity index is 3.22. The predicted molar refractivity (Wildman–Crippen MR) is 79.2 cm³/mol. The summed E-state index contributed by atoms with van der Waals surface area (Å²) in [6, 6.07) is -0.272. The van der Waals surface area contributed by atoms with Crippen molar-refractivity contribution in [2.24, 2.45) is 0 Å². The largest absolute Gasteiger partial charge is 0.346 e. The molecule has 1 aromatic rings. The molecule has 0 bridgehead atoms. The minimum atomic E-state index is -0.272. The lowest BCUT2D eigenvalue weighted by Crippen LogP contribution is -2.29. The van der Waals surface area contributed by atoms with Crippen molar-refractivity contribution in [1.29, 1.82) is 0 Å².